The van der Waals surface area contributed by atoms with Crippen LogP contribution in [0.3, 0.4) is 0 Å². The number of hydrogen-bond acceptors (Lipinski definition) is 7. The van der Waals surface area contributed by atoms with E-state index >= 15 is 0 Å². The largest absolute Gasteiger partial charge is 0.494 e. The molecule has 0 aromatic heterocycles. The van der Waals surface area contributed by atoms with E-state index in [1.54, 1.807) is 31.2 Å². The lowest BCUT2D eigenvalue weighted by atomic mass is 10.1. The monoisotopic (exact) mass is 625 g/mol. The van der Waals surface area contributed by atoms with Crippen molar-refractivity contribution < 1.29 is 32.2 Å². The molecule has 0 saturated heterocycles. The number of hydrogen-bond donors (Lipinski definition) is 1. The predicted octanol–water partition coefficient (Wildman–Crippen LogP) is 4.53. The molecule has 1 N–H and O–H groups in total. The lowest BCUT2D eigenvalue weighted by molar-refractivity contribution is -0.138. The summed E-state index contributed by atoms with van der Waals surface area (Å²) in [6, 6.07) is 19.5. The molecular weight excluding hydrogens is 582 g/mol. The zero-order valence-electron chi connectivity index (χ0n) is 26.3. The number of amides is 2. The van der Waals surface area contributed by atoms with Gasteiger partial charge in [-0.25, -0.2) is 8.42 Å². The average Bonchev–Trinajstić information content (AvgIpc) is 3.03. The van der Waals surface area contributed by atoms with E-state index in [0.717, 1.165) is 9.87 Å². The molecule has 0 aliphatic carbocycles. The number of carbonyl (C=O) groups excluding carboxylic acids is 2. The molecule has 10 nitrogen and oxygen atoms in total. The first-order valence-electron chi connectivity index (χ1n) is 14.6. The second kappa shape index (κ2) is 16.0. The van der Waals surface area contributed by atoms with Gasteiger partial charge in [0.1, 0.15) is 18.3 Å². The number of nitrogens with one attached hydrogen (secondary N) is 1. The van der Waals surface area contributed by atoms with Crippen molar-refractivity contribution in [3.63, 3.8) is 0 Å². The topological polar surface area (TPSA) is 114 Å². The van der Waals surface area contributed by atoms with Gasteiger partial charge in [-0.15, -0.1) is 0 Å². The van der Waals surface area contributed by atoms with E-state index in [1.165, 1.54) is 37.3 Å². The fourth-order valence-electron chi connectivity index (χ4n) is 4.53. The van der Waals surface area contributed by atoms with E-state index in [0.29, 0.717) is 31.1 Å². The van der Waals surface area contributed by atoms with Crippen molar-refractivity contribution in [2.75, 3.05) is 44.8 Å². The standard InChI is InChI=1S/C33H43N3O7S/c1-7-43-28-15-13-27(14-16-28)36(44(39,40)29-17-18-30(41-5)31(21-29)42-6)23-32(37)35(20-19-26-11-9-8-10-12-26)25(4)33(38)34-22-24(2)3/h8-18,21,24-25H,7,19-20,22-23H2,1-6H3,(H,34,38)/t25-/m0/s1. The summed E-state index contributed by atoms with van der Waals surface area (Å²) in [4.78, 5) is 28.6. The van der Waals surface area contributed by atoms with Gasteiger partial charge in [-0.3, -0.25) is 13.9 Å². The smallest absolute Gasteiger partial charge is 0.264 e. The molecule has 1 atom stereocenters. The number of ether oxygens (including phenoxy) is 3. The van der Waals surface area contributed by atoms with Crippen LogP contribution < -0.4 is 23.8 Å². The van der Waals surface area contributed by atoms with Crippen LogP contribution in [0.5, 0.6) is 17.2 Å². The molecule has 11 heteroatoms. The predicted molar refractivity (Wildman–Crippen MR) is 171 cm³/mol. The van der Waals surface area contributed by atoms with Crippen molar-refractivity contribution in [2.45, 2.75) is 45.1 Å². The Morgan fingerprint density at radius 3 is 2.14 bits per heavy atom. The van der Waals surface area contributed by atoms with Gasteiger partial charge in [0.05, 0.1) is 31.4 Å². The molecule has 3 aromatic carbocycles. The number of rotatable bonds is 16. The molecule has 0 bridgehead atoms. The highest BCUT2D eigenvalue weighted by Crippen LogP contribution is 2.33. The van der Waals surface area contributed by atoms with Crippen molar-refractivity contribution in [3.8, 4) is 17.2 Å². The molecule has 2 amide bonds. The minimum atomic E-state index is -4.29. The summed E-state index contributed by atoms with van der Waals surface area (Å²) in [5.74, 6) is 0.545. The first-order chi connectivity index (χ1) is 21.0. The minimum absolute atomic E-state index is 0.0876. The fraction of sp³-hybridized carbons (Fsp3) is 0.394. The van der Waals surface area contributed by atoms with E-state index < -0.39 is 28.5 Å². The SMILES string of the molecule is CCOc1ccc(N(CC(=O)N(CCc2ccccc2)[C@@H](C)C(=O)NCC(C)C)S(=O)(=O)c2ccc(OC)c(OC)c2)cc1. The molecule has 0 spiro atoms. The van der Waals surface area contributed by atoms with Gasteiger partial charge in [-0.2, -0.15) is 0 Å². The van der Waals surface area contributed by atoms with Crippen molar-refractivity contribution >= 4 is 27.5 Å². The Bertz CT molecular complexity index is 1480. The summed E-state index contributed by atoms with van der Waals surface area (Å²) in [6.45, 7) is 8.04. The van der Waals surface area contributed by atoms with Crippen LogP contribution in [0.1, 0.15) is 33.3 Å². The van der Waals surface area contributed by atoms with Crippen molar-refractivity contribution in [3.05, 3.63) is 78.4 Å². The summed E-state index contributed by atoms with van der Waals surface area (Å²) in [6.07, 6.45) is 0.486. The molecule has 238 valence electrons. The molecule has 0 unspecified atom stereocenters. The normalized spacial score (nSPS) is 11.9. The van der Waals surface area contributed by atoms with E-state index in [1.807, 2.05) is 51.1 Å². The summed E-state index contributed by atoms with van der Waals surface area (Å²) < 4.78 is 45.6. The van der Waals surface area contributed by atoms with Gasteiger partial charge in [0.25, 0.3) is 10.0 Å². The highest BCUT2D eigenvalue weighted by Gasteiger charge is 2.33. The summed E-state index contributed by atoms with van der Waals surface area (Å²) in [7, 11) is -1.42. The number of methoxy groups -OCH3 is 2. The van der Waals surface area contributed by atoms with Gasteiger partial charge in [-0.1, -0.05) is 44.2 Å². The minimum Gasteiger partial charge on any atom is -0.494 e. The van der Waals surface area contributed by atoms with Crippen LogP contribution in [0.4, 0.5) is 5.69 Å². The Morgan fingerprint density at radius 2 is 1.55 bits per heavy atom. The maximum atomic E-state index is 14.2. The van der Waals surface area contributed by atoms with Crippen LogP contribution in [0, 0.1) is 5.92 Å². The average molecular weight is 626 g/mol. The zero-order chi connectivity index (χ0) is 32.3. The first kappa shape index (κ1) is 34.2. The second-order valence-electron chi connectivity index (χ2n) is 10.6. The number of sulfonamides is 1. The van der Waals surface area contributed by atoms with E-state index in [4.69, 9.17) is 14.2 Å². The third kappa shape index (κ3) is 8.89. The van der Waals surface area contributed by atoms with Gasteiger partial charge in [0, 0.05) is 19.2 Å². The third-order valence-electron chi connectivity index (χ3n) is 6.99. The summed E-state index contributed by atoms with van der Waals surface area (Å²) in [5.41, 5.74) is 1.25. The van der Waals surface area contributed by atoms with Gasteiger partial charge in [0.2, 0.25) is 11.8 Å². The van der Waals surface area contributed by atoms with Crippen LogP contribution in [-0.4, -0.2) is 71.6 Å². The van der Waals surface area contributed by atoms with E-state index in [2.05, 4.69) is 5.32 Å². The first-order valence-corrected chi connectivity index (χ1v) is 16.0. The Hall–Kier alpha value is -4.25. The second-order valence-corrected chi connectivity index (χ2v) is 12.5. The van der Waals surface area contributed by atoms with E-state index in [9.17, 15) is 18.0 Å². The molecular formula is C33H43N3O7S. The number of carbonyl (C=O) groups is 2. The molecule has 0 aliphatic heterocycles. The Morgan fingerprint density at radius 1 is 0.886 bits per heavy atom. The highest BCUT2D eigenvalue weighted by atomic mass is 32.2. The maximum absolute atomic E-state index is 14.2. The van der Waals surface area contributed by atoms with Crippen LogP contribution in [0.25, 0.3) is 0 Å². The lowest BCUT2D eigenvalue weighted by Crippen LogP contribution is -2.52. The Balaban J connectivity index is 2.02. The quantitative estimate of drug-likeness (QED) is 0.249. The van der Waals surface area contributed by atoms with Gasteiger partial charge in [-0.05, 0) is 68.1 Å². The fourth-order valence-corrected chi connectivity index (χ4v) is 5.96. The summed E-state index contributed by atoms with van der Waals surface area (Å²) >= 11 is 0. The Labute approximate surface area is 261 Å². The third-order valence-corrected chi connectivity index (χ3v) is 8.76. The molecule has 0 aliphatic rings. The Kier molecular flexibility index (Phi) is 12.5. The molecule has 44 heavy (non-hydrogen) atoms. The molecule has 0 saturated carbocycles. The molecule has 3 rings (SSSR count). The van der Waals surface area contributed by atoms with Crippen LogP contribution >= 0.6 is 0 Å². The van der Waals surface area contributed by atoms with Crippen LogP contribution in [0.2, 0.25) is 0 Å². The molecule has 0 heterocycles. The molecule has 0 radical (unpaired) electrons. The van der Waals surface area contributed by atoms with Gasteiger partial charge >= 0.3 is 0 Å². The number of nitrogens with zero attached hydrogens (tertiary/aromatic N) is 2. The summed E-state index contributed by atoms with van der Waals surface area (Å²) in [5, 5.41) is 2.89. The van der Waals surface area contributed by atoms with Gasteiger partial charge < -0.3 is 24.4 Å². The van der Waals surface area contributed by atoms with Crippen LogP contribution in [0.15, 0.2) is 77.7 Å². The van der Waals surface area contributed by atoms with E-state index in [-0.39, 0.29) is 34.7 Å². The lowest BCUT2D eigenvalue weighted by Gasteiger charge is -2.32. The number of anilines is 1. The molecule has 3 aromatic rings. The van der Waals surface area contributed by atoms with Crippen molar-refractivity contribution in [2.24, 2.45) is 5.92 Å². The maximum Gasteiger partial charge on any atom is 0.264 e. The molecule has 0 fully saturated rings. The number of benzene rings is 3. The van der Waals surface area contributed by atoms with Crippen molar-refractivity contribution in [1.82, 2.24) is 10.2 Å². The van der Waals surface area contributed by atoms with Gasteiger partial charge in [0.15, 0.2) is 11.5 Å². The highest BCUT2D eigenvalue weighted by molar-refractivity contribution is 7.92. The van der Waals surface area contributed by atoms with Crippen LogP contribution in [-0.2, 0) is 26.0 Å². The zero-order valence-corrected chi connectivity index (χ0v) is 27.1. The van der Waals surface area contributed by atoms with Crippen molar-refractivity contribution in [1.29, 1.82) is 0 Å².